The Hall–Kier alpha value is -2.30. The van der Waals surface area contributed by atoms with Gasteiger partial charge in [-0.25, -0.2) is 0 Å². The van der Waals surface area contributed by atoms with Crippen molar-refractivity contribution in [3.63, 3.8) is 0 Å². The van der Waals surface area contributed by atoms with E-state index in [-0.39, 0.29) is 18.2 Å². The van der Waals surface area contributed by atoms with Crippen LogP contribution in [-0.4, -0.2) is 27.1 Å². The van der Waals surface area contributed by atoms with Gasteiger partial charge in [0.25, 0.3) is 0 Å². The summed E-state index contributed by atoms with van der Waals surface area (Å²) in [4.78, 5) is 23.3. The second-order valence-corrected chi connectivity index (χ2v) is 6.51. The highest BCUT2D eigenvalue weighted by Crippen LogP contribution is 2.21. The molecule has 1 atom stereocenters. The smallest absolute Gasteiger partial charge is 0.305 e. The summed E-state index contributed by atoms with van der Waals surface area (Å²) in [5.74, 6) is -0.993. The van der Waals surface area contributed by atoms with E-state index in [1.54, 1.807) is 6.92 Å². The van der Waals surface area contributed by atoms with Gasteiger partial charge in [0, 0.05) is 30.2 Å². The number of carboxylic acid groups (broad SMARTS) is 1. The van der Waals surface area contributed by atoms with Crippen LogP contribution in [0.1, 0.15) is 33.6 Å². The summed E-state index contributed by atoms with van der Waals surface area (Å²) in [6.45, 7) is 6.20. The molecule has 5 nitrogen and oxygen atoms in total. The lowest BCUT2D eigenvalue weighted by Crippen LogP contribution is -2.51. The highest BCUT2D eigenvalue weighted by Gasteiger charge is 2.32. The number of hydrogen-bond donors (Lipinski definition) is 2. The van der Waals surface area contributed by atoms with E-state index in [1.165, 1.54) is 0 Å². The maximum absolute atomic E-state index is 12.3. The molecule has 2 rings (SSSR count). The molecule has 0 fully saturated rings. The van der Waals surface area contributed by atoms with Crippen molar-refractivity contribution in [3.8, 4) is 0 Å². The Balaban J connectivity index is 2.00. The van der Waals surface area contributed by atoms with Gasteiger partial charge in [-0.3, -0.25) is 9.59 Å². The molecule has 1 unspecified atom stereocenters. The molecule has 0 aliphatic rings. The molecule has 5 heteroatoms. The molecule has 124 valence electrons. The van der Waals surface area contributed by atoms with Crippen molar-refractivity contribution in [2.24, 2.45) is 5.92 Å². The Kier molecular flexibility index (Phi) is 5.08. The molecule has 1 aromatic heterocycles. The number of aliphatic carboxylic acids is 1. The first-order chi connectivity index (χ1) is 10.8. The number of aryl methyl sites for hydroxylation is 1. The van der Waals surface area contributed by atoms with Crippen LogP contribution in [0.4, 0.5) is 0 Å². The molecule has 2 aromatic rings. The number of amides is 1. The van der Waals surface area contributed by atoms with Crippen molar-refractivity contribution < 1.29 is 14.7 Å². The zero-order chi connectivity index (χ0) is 17.0. The average Bonchev–Trinajstić information content (AvgIpc) is 2.87. The van der Waals surface area contributed by atoms with Crippen molar-refractivity contribution >= 4 is 22.8 Å². The molecule has 23 heavy (non-hydrogen) atoms. The minimum atomic E-state index is -0.905. The zero-order valence-electron chi connectivity index (χ0n) is 13.9. The fourth-order valence-corrected chi connectivity index (χ4v) is 2.65. The zero-order valence-corrected chi connectivity index (χ0v) is 13.9. The van der Waals surface area contributed by atoms with E-state index in [9.17, 15) is 9.59 Å². The van der Waals surface area contributed by atoms with Crippen molar-refractivity contribution in [3.05, 3.63) is 36.5 Å². The molecule has 0 saturated carbocycles. The fraction of sp³-hybridized carbons (Fsp3) is 0.444. The Morgan fingerprint density at radius 3 is 2.61 bits per heavy atom. The lowest BCUT2D eigenvalue weighted by molar-refractivity contribution is -0.139. The van der Waals surface area contributed by atoms with Crippen LogP contribution >= 0.6 is 0 Å². The van der Waals surface area contributed by atoms with E-state index >= 15 is 0 Å². The Bertz CT molecular complexity index is 705. The van der Waals surface area contributed by atoms with Crippen LogP contribution < -0.4 is 5.32 Å². The van der Waals surface area contributed by atoms with E-state index in [0.29, 0.717) is 13.0 Å². The molecule has 0 aliphatic carbocycles. The van der Waals surface area contributed by atoms with Gasteiger partial charge in [0.2, 0.25) is 5.91 Å². The van der Waals surface area contributed by atoms with Crippen LogP contribution in [0.15, 0.2) is 36.5 Å². The molecule has 2 N–H and O–H groups in total. The molecule has 0 aliphatic heterocycles. The molecule has 1 amide bonds. The van der Waals surface area contributed by atoms with Crippen LogP contribution in [-0.2, 0) is 16.1 Å². The molecular weight excluding hydrogens is 292 g/mol. The van der Waals surface area contributed by atoms with Crippen molar-refractivity contribution in [1.29, 1.82) is 0 Å². The number of para-hydroxylation sites is 1. The monoisotopic (exact) mass is 316 g/mol. The second kappa shape index (κ2) is 6.86. The Labute approximate surface area is 136 Å². The van der Waals surface area contributed by atoms with Gasteiger partial charge >= 0.3 is 5.97 Å². The van der Waals surface area contributed by atoms with Gasteiger partial charge in [-0.2, -0.15) is 0 Å². The second-order valence-electron chi connectivity index (χ2n) is 6.51. The van der Waals surface area contributed by atoms with Gasteiger partial charge in [0.1, 0.15) is 0 Å². The molecule has 1 aromatic carbocycles. The summed E-state index contributed by atoms with van der Waals surface area (Å²) in [7, 11) is 0. The largest absolute Gasteiger partial charge is 0.481 e. The molecule has 0 bridgehead atoms. The number of nitrogens with one attached hydrogen (secondary N) is 1. The maximum atomic E-state index is 12.3. The fourth-order valence-electron chi connectivity index (χ4n) is 2.65. The van der Waals surface area contributed by atoms with Gasteiger partial charge in [-0.1, -0.05) is 32.0 Å². The van der Waals surface area contributed by atoms with Crippen molar-refractivity contribution in [1.82, 2.24) is 9.88 Å². The quantitative estimate of drug-likeness (QED) is 0.825. The normalized spacial score (nSPS) is 13.9. The van der Waals surface area contributed by atoms with Crippen LogP contribution in [0.3, 0.4) is 0 Å². The maximum Gasteiger partial charge on any atom is 0.305 e. The van der Waals surface area contributed by atoms with Gasteiger partial charge in [-0.05, 0) is 30.4 Å². The molecule has 0 saturated heterocycles. The van der Waals surface area contributed by atoms with E-state index in [4.69, 9.17) is 5.11 Å². The third-order valence-corrected chi connectivity index (χ3v) is 4.48. The summed E-state index contributed by atoms with van der Waals surface area (Å²) in [6.07, 6.45) is 2.21. The Morgan fingerprint density at radius 1 is 1.26 bits per heavy atom. The van der Waals surface area contributed by atoms with Crippen LogP contribution in [0.25, 0.3) is 10.9 Å². The lowest BCUT2D eigenvalue weighted by atomic mass is 9.85. The van der Waals surface area contributed by atoms with E-state index in [1.807, 2.05) is 54.9 Å². The van der Waals surface area contributed by atoms with Crippen LogP contribution in [0, 0.1) is 5.92 Å². The van der Waals surface area contributed by atoms with Crippen molar-refractivity contribution in [2.75, 3.05) is 0 Å². The number of nitrogens with zero attached hydrogens (tertiary/aromatic N) is 1. The number of hydrogen-bond acceptors (Lipinski definition) is 2. The minimum absolute atomic E-state index is 0.0370. The third-order valence-electron chi connectivity index (χ3n) is 4.48. The van der Waals surface area contributed by atoms with E-state index in [0.717, 1.165) is 10.9 Å². The summed E-state index contributed by atoms with van der Waals surface area (Å²) in [5, 5.41) is 13.1. The highest BCUT2D eigenvalue weighted by atomic mass is 16.4. The van der Waals surface area contributed by atoms with Gasteiger partial charge < -0.3 is 15.0 Å². The van der Waals surface area contributed by atoms with E-state index in [2.05, 4.69) is 5.32 Å². The number of aromatic nitrogens is 1. The number of fused-ring (bicyclic) bond motifs is 1. The van der Waals surface area contributed by atoms with Crippen molar-refractivity contribution in [2.45, 2.75) is 45.7 Å². The van der Waals surface area contributed by atoms with Gasteiger partial charge in [-0.15, -0.1) is 0 Å². The topological polar surface area (TPSA) is 71.3 Å². The summed E-state index contributed by atoms with van der Waals surface area (Å²) < 4.78 is 2.04. The van der Waals surface area contributed by atoms with Gasteiger partial charge in [0.15, 0.2) is 0 Å². The number of benzene rings is 1. The molecule has 0 radical (unpaired) electrons. The first-order valence-corrected chi connectivity index (χ1v) is 7.88. The SMILES string of the molecule is CC(C)C(C)(CC(=O)O)NC(=O)CCn1ccc2ccccc21. The number of carboxylic acids is 1. The summed E-state index contributed by atoms with van der Waals surface area (Å²) in [6, 6.07) is 10.0. The molecule has 0 spiro atoms. The molecule has 1 heterocycles. The first kappa shape index (κ1) is 17.1. The highest BCUT2D eigenvalue weighted by molar-refractivity contribution is 5.81. The number of carbonyl (C=O) groups excluding carboxylic acids is 1. The average molecular weight is 316 g/mol. The summed E-state index contributed by atoms with van der Waals surface area (Å²) in [5.41, 5.74) is 0.360. The standard InChI is InChI=1S/C18H24N2O3/c1-13(2)18(3,12-17(22)23)19-16(21)9-11-20-10-8-14-6-4-5-7-15(14)20/h4-8,10,13H,9,11-12H2,1-3H3,(H,19,21)(H,22,23). The Morgan fingerprint density at radius 2 is 1.96 bits per heavy atom. The van der Waals surface area contributed by atoms with Crippen LogP contribution in [0.5, 0.6) is 0 Å². The van der Waals surface area contributed by atoms with Crippen LogP contribution in [0.2, 0.25) is 0 Å². The lowest BCUT2D eigenvalue weighted by Gasteiger charge is -2.33. The van der Waals surface area contributed by atoms with Gasteiger partial charge in [0.05, 0.1) is 6.42 Å². The predicted molar refractivity (Wildman–Crippen MR) is 90.2 cm³/mol. The first-order valence-electron chi connectivity index (χ1n) is 7.88. The molecular formula is C18H24N2O3. The van der Waals surface area contributed by atoms with E-state index < -0.39 is 11.5 Å². The minimum Gasteiger partial charge on any atom is -0.481 e. The third kappa shape index (κ3) is 4.12. The predicted octanol–water partition coefficient (Wildman–Crippen LogP) is 3.04. The summed E-state index contributed by atoms with van der Waals surface area (Å²) >= 11 is 0. The number of carbonyl (C=O) groups is 2. The number of rotatable bonds is 7.